The van der Waals surface area contributed by atoms with Gasteiger partial charge in [-0.2, -0.15) is 4.98 Å². The van der Waals surface area contributed by atoms with E-state index in [2.05, 4.69) is 15.1 Å². The van der Waals surface area contributed by atoms with Gasteiger partial charge in [0.1, 0.15) is 23.2 Å². The molecule has 1 aliphatic rings. The van der Waals surface area contributed by atoms with Crippen LogP contribution in [0.3, 0.4) is 0 Å². The van der Waals surface area contributed by atoms with Crippen molar-refractivity contribution >= 4 is 6.09 Å². The van der Waals surface area contributed by atoms with E-state index in [1.807, 2.05) is 0 Å². The molecule has 0 aliphatic carbocycles. The zero-order chi connectivity index (χ0) is 22.2. The molecule has 0 unspecified atom stereocenters. The van der Waals surface area contributed by atoms with Crippen LogP contribution in [-0.2, 0) is 4.74 Å². The van der Waals surface area contributed by atoms with Crippen molar-refractivity contribution in [2.75, 3.05) is 6.54 Å². The second-order valence-electron chi connectivity index (χ2n) is 8.44. The first kappa shape index (κ1) is 20.9. The minimum atomic E-state index is -0.712. The molecule has 162 valence electrons. The second-order valence-corrected chi connectivity index (χ2v) is 8.44. The summed E-state index contributed by atoms with van der Waals surface area (Å²) in [4.78, 5) is 22.7. The molecule has 2 aromatic heterocycles. The van der Waals surface area contributed by atoms with Crippen molar-refractivity contribution in [1.82, 2.24) is 20.0 Å². The zero-order valence-electron chi connectivity index (χ0n) is 17.4. The van der Waals surface area contributed by atoms with Gasteiger partial charge in [-0.3, -0.25) is 9.88 Å². The fourth-order valence-electron chi connectivity index (χ4n) is 3.41. The van der Waals surface area contributed by atoms with Crippen LogP contribution in [0.2, 0.25) is 0 Å². The Morgan fingerprint density at radius 2 is 2.06 bits per heavy atom. The van der Waals surface area contributed by atoms with Gasteiger partial charge in [-0.25, -0.2) is 9.18 Å². The van der Waals surface area contributed by atoms with Crippen LogP contribution in [0.15, 0.2) is 47.1 Å². The number of aromatic nitrogens is 3. The molecule has 3 aromatic rings. The number of β-amino-alcohol motifs (C(OH)–C–C–N with tert-alkyl or cyclic N) is 1. The van der Waals surface area contributed by atoms with E-state index in [1.165, 1.54) is 17.0 Å². The summed E-state index contributed by atoms with van der Waals surface area (Å²) in [6.45, 7) is 5.45. The Balaban J connectivity index is 1.54. The number of ether oxygens (including phenoxy) is 1. The van der Waals surface area contributed by atoms with Crippen molar-refractivity contribution in [2.24, 2.45) is 0 Å². The van der Waals surface area contributed by atoms with Crippen molar-refractivity contribution < 1.29 is 23.6 Å². The van der Waals surface area contributed by atoms with Crippen molar-refractivity contribution in [3.63, 3.8) is 0 Å². The van der Waals surface area contributed by atoms with Crippen LogP contribution < -0.4 is 0 Å². The minimum absolute atomic E-state index is 0.123. The molecule has 0 saturated carbocycles. The summed E-state index contributed by atoms with van der Waals surface area (Å²) in [5, 5.41) is 14.1. The third-order valence-electron chi connectivity index (χ3n) is 4.78. The standard InChI is InChI=1S/C22H23FN4O4/c1-22(2,3)30-21(29)27-12-16(28)10-18(27)20-25-19(26-31-20)17-8-7-14(11-24-17)13-5-4-6-15(23)9-13/h4-9,11,16,18,28H,10,12H2,1-3H3/t16-,18+/m1/s1. The molecule has 1 N–H and O–H groups in total. The largest absolute Gasteiger partial charge is 0.444 e. The lowest BCUT2D eigenvalue weighted by Gasteiger charge is -2.26. The Morgan fingerprint density at radius 1 is 1.26 bits per heavy atom. The lowest BCUT2D eigenvalue weighted by atomic mass is 10.1. The third-order valence-corrected chi connectivity index (χ3v) is 4.78. The molecule has 0 bridgehead atoms. The molecule has 8 nitrogen and oxygen atoms in total. The van der Waals surface area contributed by atoms with Gasteiger partial charge in [-0.05, 0) is 44.5 Å². The number of benzene rings is 1. The fourth-order valence-corrected chi connectivity index (χ4v) is 3.41. The lowest BCUT2D eigenvalue weighted by Crippen LogP contribution is -2.37. The van der Waals surface area contributed by atoms with Crippen molar-refractivity contribution in [3.8, 4) is 22.6 Å². The number of carbonyl (C=O) groups is 1. The van der Waals surface area contributed by atoms with E-state index in [-0.39, 0.29) is 30.5 Å². The van der Waals surface area contributed by atoms with Crippen LogP contribution >= 0.6 is 0 Å². The average molecular weight is 426 g/mol. The van der Waals surface area contributed by atoms with E-state index >= 15 is 0 Å². The summed E-state index contributed by atoms with van der Waals surface area (Å²) < 4.78 is 24.3. The zero-order valence-corrected chi connectivity index (χ0v) is 17.4. The van der Waals surface area contributed by atoms with Crippen molar-refractivity contribution in [2.45, 2.75) is 44.9 Å². The van der Waals surface area contributed by atoms with Crippen LogP contribution in [0, 0.1) is 5.82 Å². The normalized spacial score (nSPS) is 18.9. The summed E-state index contributed by atoms with van der Waals surface area (Å²) in [5.41, 5.74) is 1.27. The van der Waals surface area contributed by atoms with Crippen LogP contribution in [-0.4, -0.2) is 49.5 Å². The number of hydrogen-bond donors (Lipinski definition) is 1. The quantitative estimate of drug-likeness (QED) is 0.676. The van der Waals surface area contributed by atoms with Crippen LogP contribution in [0.4, 0.5) is 9.18 Å². The number of rotatable bonds is 3. The van der Waals surface area contributed by atoms with Gasteiger partial charge in [-0.15, -0.1) is 0 Å². The minimum Gasteiger partial charge on any atom is -0.444 e. The van der Waals surface area contributed by atoms with Crippen LogP contribution in [0.5, 0.6) is 0 Å². The first-order valence-corrected chi connectivity index (χ1v) is 9.93. The summed E-state index contributed by atoms with van der Waals surface area (Å²) in [6, 6.07) is 9.16. The second kappa shape index (κ2) is 8.07. The molecule has 0 radical (unpaired) electrons. The maximum absolute atomic E-state index is 13.4. The average Bonchev–Trinajstić information content (AvgIpc) is 3.33. The Morgan fingerprint density at radius 3 is 2.74 bits per heavy atom. The summed E-state index contributed by atoms with van der Waals surface area (Å²) in [7, 11) is 0. The topological polar surface area (TPSA) is 102 Å². The molecule has 4 rings (SSSR count). The molecule has 1 aromatic carbocycles. The van der Waals surface area contributed by atoms with E-state index in [0.29, 0.717) is 11.3 Å². The van der Waals surface area contributed by atoms with E-state index in [4.69, 9.17) is 9.26 Å². The first-order valence-electron chi connectivity index (χ1n) is 9.93. The Kier molecular flexibility index (Phi) is 5.45. The first-order chi connectivity index (χ1) is 14.7. The Bertz CT molecular complexity index is 1080. The Hall–Kier alpha value is -3.33. The van der Waals surface area contributed by atoms with Crippen LogP contribution in [0.1, 0.15) is 39.1 Å². The van der Waals surface area contributed by atoms with E-state index in [0.717, 1.165) is 5.56 Å². The number of likely N-dealkylation sites (tertiary alicyclic amines) is 1. The summed E-state index contributed by atoms with van der Waals surface area (Å²) >= 11 is 0. The maximum Gasteiger partial charge on any atom is 0.411 e. The fraction of sp³-hybridized carbons (Fsp3) is 0.364. The number of aliphatic hydroxyl groups excluding tert-OH is 1. The lowest BCUT2D eigenvalue weighted by molar-refractivity contribution is 0.0184. The summed E-state index contributed by atoms with van der Waals surface area (Å²) in [5.74, 6) is 0.136. The van der Waals surface area contributed by atoms with Crippen LogP contribution in [0.25, 0.3) is 22.6 Å². The smallest absolute Gasteiger partial charge is 0.411 e. The molecule has 1 fully saturated rings. The molecular weight excluding hydrogens is 403 g/mol. The number of halogens is 1. The maximum atomic E-state index is 13.4. The predicted octanol–water partition coefficient (Wildman–Crippen LogP) is 3.98. The number of hydrogen-bond acceptors (Lipinski definition) is 7. The monoisotopic (exact) mass is 426 g/mol. The Labute approximate surface area is 178 Å². The molecule has 1 aliphatic heterocycles. The highest BCUT2D eigenvalue weighted by atomic mass is 19.1. The highest BCUT2D eigenvalue weighted by molar-refractivity contribution is 5.69. The molecule has 9 heteroatoms. The highest BCUT2D eigenvalue weighted by Crippen LogP contribution is 2.33. The molecule has 2 atom stereocenters. The van der Waals surface area contributed by atoms with Crippen molar-refractivity contribution in [3.05, 3.63) is 54.3 Å². The van der Waals surface area contributed by atoms with Gasteiger partial charge in [0.2, 0.25) is 11.7 Å². The predicted molar refractivity (Wildman–Crippen MR) is 109 cm³/mol. The van der Waals surface area contributed by atoms with Gasteiger partial charge < -0.3 is 14.4 Å². The number of pyridine rings is 1. The number of carbonyl (C=O) groups excluding carboxylic acids is 1. The number of amides is 1. The highest BCUT2D eigenvalue weighted by Gasteiger charge is 2.40. The number of nitrogens with zero attached hydrogens (tertiary/aromatic N) is 4. The van der Waals surface area contributed by atoms with Gasteiger partial charge >= 0.3 is 6.09 Å². The SMILES string of the molecule is CC(C)(C)OC(=O)N1C[C@H](O)C[C@H]1c1nc(-c2ccc(-c3cccc(F)c3)cn2)no1. The molecule has 0 spiro atoms. The van der Waals surface area contributed by atoms with E-state index in [9.17, 15) is 14.3 Å². The van der Waals surface area contributed by atoms with Crippen molar-refractivity contribution in [1.29, 1.82) is 0 Å². The molecule has 31 heavy (non-hydrogen) atoms. The molecule has 3 heterocycles. The molecule has 1 saturated heterocycles. The van der Waals surface area contributed by atoms with Gasteiger partial charge in [0, 0.05) is 18.2 Å². The summed E-state index contributed by atoms with van der Waals surface area (Å²) in [6.07, 6.45) is 0.613. The van der Waals surface area contributed by atoms with E-state index < -0.39 is 23.8 Å². The third kappa shape index (κ3) is 4.72. The van der Waals surface area contributed by atoms with Gasteiger partial charge in [0.05, 0.1) is 12.6 Å². The van der Waals surface area contributed by atoms with E-state index in [1.54, 1.807) is 51.2 Å². The molecule has 1 amide bonds. The van der Waals surface area contributed by atoms with Gasteiger partial charge in [0.15, 0.2) is 0 Å². The van der Waals surface area contributed by atoms with Gasteiger partial charge in [0.25, 0.3) is 0 Å². The van der Waals surface area contributed by atoms with Gasteiger partial charge in [-0.1, -0.05) is 23.4 Å². The number of aliphatic hydroxyl groups is 1. The molecular formula is C22H23FN4O4.